The van der Waals surface area contributed by atoms with Gasteiger partial charge in [0.2, 0.25) is 0 Å². The maximum absolute atomic E-state index is 6.02. The standard InChI is InChI=1S/C32H32I3O6/c1-3-36-21-40-31-15-5-23(17-29(31)33)19-38-27-11-7-25(8-12-27)35-26-9-13-28(14-10-26)39-20-24-6-16-32(30(34)18-24)41-22-37-4-2/h5-18H,3-4,19-22H2,1-2H3/q+1. The first-order chi connectivity index (χ1) is 20.0. The summed E-state index contributed by atoms with van der Waals surface area (Å²) in [5, 5.41) is 0. The van der Waals surface area contributed by atoms with Crippen LogP contribution in [0.1, 0.15) is 25.0 Å². The molecule has 0 aliphatic rings. The van der Waals surface area contributed by atoms with E-state index in [2.05, 4.69) is 81.6 Å². The Morgan fingerprint density at radius 1 is 0.537 bits per heavy atom. The van der Waals surface area contributed by atoms with Crippen molar-refractivity contribution < 1.29 is 49.6 Å². The molecule has 0 radical (unpaired) electrons. The lowest BCUT2D eigenvalue weighted by Gasteiger charge is -2.10. The Morgan fingerprint density at radius 2 is 0.951 bits per heavy atom. The van der Waals surface area contributed by atoms with Crippen molar-refractivity contribution in [1.82, 2.24) is 0 Å². The molecular weight excluding hydrogens is 861 g/mol. The van der Waals surface area contributed by atoms with Gasteiger partial charge in [-0.15, -0.1) is 0 Å². The summed E-state index contributed by atoms with van der Waals surface area (Å²) >= 11 is 4.25. The van der Waals surface area contributed by atoms with Crippen molar-refractivity contribution in [3.05, 3.63) is 110 Å². The third-order valence-electron chi connectivity index (χ3n) is 5.65. The highest BCUT2D eigenvalue weighted by molar-refractivity contribution is 14.1. The largest absolute Gasteiger partial charge is 0.489 e. The lowest BCUT2D eigenvalue weighted by molar-refractivity contribution is -0.597. The summed E-state index contributed by atoms with van der Waals surface area (Å²) < 4.78 is 38.6. The maximum atomic E-state index is 6.02. The molecule has 4 aromatic rings. The van der Waals surface area contributed by atoms with E-state index in [4.69, 9.17) is 28.4 Å². The van der Waals surface area contributed by atoms with Crippen LogP contribution in [0.2, 0.25) is 0 Å². The topological polar surface area (TPSA) is 55.4 Å². The van der Waals surface area contributed by atoms with E-state index in [1.54, 1.807) is 0 Å². The molecule has 0 amide bonds. The number of halogens is 3. The zero-order valence-electron chi connectivity index (χ0n) is 22.9. The van der Waals surface area contributed by atoms with Crippen molar-refractivity contribution in [1.29, 1.82) is 0 Å². The van der Waals surface area contributed by atoms with Crippen LogP contribution in [-0.4, -0.2) is 26.8 Å². The van der Waals surface area contributed by atoms with Gasteiger partial charge in [0.1, 0.15) is 36.2 Å². The van der Waals surface area contributed by atoms with Crippen LogP contribution in [0.5, 0.6) is 23.0 Å². The van der Waals surface area contributed by atoms with Crippen LogP contribution in [-0.2, 0) is 22.7 Å². The molecule has 0 fully saturated rings. The summed E-state index contributed by atoms with van der Waals surface area (Å²) in [4.78, 5) is 0. The van der Waals surface area contributed by atoms with Crippen LogP contribution in [0.4, 0.5) is 0 Å². The number of benzene rings is 4. The second kappa shape index (κ2) is 17.3. The fourth-order valence-electron chi connectivity index (χ4n) is 3.53. The summed E-state index contributed by atoms with van der Waals surface area (Å²) in [5.41, 5.74) is 2.19. The molecule has 0 saturated carbocycles. The van der Waals surface area contributed by atoms with Gasteiger partial charge in [0.25, 0.3) is 0 Å². The second-order valence-electron chi connectivity index (χ2n) is 8.62. The molecule has 0 spiro atoms. The van der Waals surface area contributed by atoms with Crippen LogP contribution in [0.15, 0.2) is 84.9 Å². The van der Waals surface area contributed by atoms with E-state index in [0.717, 1.165) is 41.3 Å². The molecule has 41 heavy (non-hydrogen) atoms. The zero-order valence-corrected chi connectivity index (χ0v) is 29.4. The third kappa shape index (κ3) is 10.8. The lowest BCUT2D eigenvalue weighted by atomic mass is 10.2. The molecule has 216 valence electrons. The van der Waals surface area contributed by atoms with E-state index < -0.39 is 0 Å². The Kier molecular flexibility index (Phi) is 13.6. The van der Waals surface area contributed by atoms with Crippen LogP contribution in [0.25, 0.3) is 0 Å². The predicted molar refractivity (Wildman–Crippen MR) is 172 cm³/mol. The Balaban J connectivity index is 1.22. The van der Waals surface area contributed by atoms with Gasteiger partial charge < -0.3 is 28.4 Å². The molecule has 0 atom stereocenters. The third-order valence-corrected chi connectivity index (χ3v) is 10.0. The molecule has 0 aliphatic carbocycles. The Bertz CT molecular complexity index is 1260. The second-order valence-corrected chi connectivity index (χ2v) is 14.0. The minimum absolute atomic E-state index is 0.260. The predicted octanol–water partition coefficient (Wildman–Crippen LogP) is 4.93. The molecule has 0 N–H and O–H groups in total. The van der Waals surface area contributed by atoms with E-state index in [1.165, 1.54) is 7.14 Å². The van der Waals surface area contributed by atoms with Crippen molar-refractivity contribution in [2.45, 2.75) is 27.1 Å². The lowest BCUT2D eigenvalue weighted by Crippen LogP contribution is -3.61. The first-order valence-electron chi connectivity index (χ1n) is 13.1. The number of ether oxygens (including phenoxy) is 6. The fraction of sp³-hybridized carbons (Fsp3) is 0.250. The fourth-order valence-corrected chi connectivity index (χ4v) is 7.15. The SMILES string of the molecule is CCOCOc1ccc(COc2ccc([I+]c3ccc(OCc4ccc(OCOCC)c(I)c4)cc3)cc2)cc1I. The maximum Gasteiger partial charge on any atom is 0.357 e. The summed E-state index contributed by atoms with van der Waals surface area (Å²) in [6, 6.07) is 28.9. The van der Waals surface area contributed by atoms with Gasteiger partial charge in [-0.3, -0.25) is 0 Å². The highest BCUT2D eigenvalue weighted by atomic mass is 127. The molecule has 0 saturated heterocycles. The highest BCUT2D eigenvalue weighted by Crippen LogP contribution is 2.24. The number of rotatable bonds is 16. The van der Waals surface area contributed by atoms with Crippen LogP contribution in [0, 0.1) is 14.3 Å². The normalized spacial score (nSPS) is 10.8. The molecule has 9 heteroatoms. The zero-order chi connectivity index (χ0) is 28.9. The van der Waals surface area contributed by atoms with E-state index in [9.17, 15) is 0 Å². The minimum atomic E-state index is -0.297. The molecule has 0 bridgehead atoms. The molecule has 0 aromatic heterocycles. The highest BCUT2D eigenvalue weighted by Gasteiger charge is 2.16. The van der Waals surface area contributed by atoms with Gasteiger partial charge >= 0.3 is 21.2 Å². The van der Waals surface area contributed by atoms with Crippen LogP contribution < -0.4 is 40.2 Å². The van der Waals surface area contributed by atoms with E-state index in [0.29, 0.717) is 26.4 Å². The van der Waals surface area contributed by atoms with Crippen molar-refractivity contribution in [2.24, 2.45) is 0 Å². The first-order valence-corrected chi connectivity index (χ1v) is 17.4. The van der Waals surface area contributed by atoms with Gasteiger partial charge in [-0.25, -0.2) is 0 Å². The molecule has 4 rings (SSSR count). The summed E-state index contributed by atoms with van der Waals surface area (Å²) in [6.45, 7) is 6.68. The van der Waals surface area contributed by atoms with Gasteiger partial charge in [0.15, 0.2) is 20.7 Å². The molecule has 0 unspecified atom stereocenters. The Hall–Kier alpha value is -1.81. The van der Waals surface area contributed by atoms with Gasteiger partial charge in [0, 0.05) is 13.2 Å². The molecule has 0 heterocycles. The van der Waals surface area contributed by atoms with Gasteiger partial charge in [-0.05, 0) is 143 Å². The average Bonchev–Trinajstić information content (AvgIpc) is 2.98. The molecular formula is C32H32I3O6+. The smallest absolute Gasteiger partial charge is 0.357 e. The summed E-state index contributed by atoms with van der Waals surface area (Å²) in [7, 11) is 0. The quantitative estimate of drug-likeness (QED) is 0.0906. The van der Waals surface area contributed by atoms with Gasteiger partial charge in [-0.1, -0.05) is 12.1 Å². The Labute approximate surface area is 279 Å². The number of hydrogen-bond donors (Lipinski definition) is 0. The minimum Gasteiger partial charge on any atom is -0.489 e. The van der Waals surface area contributed by atoms with Crippen LogP contribution in [0.3, 0.4) is 0 Å². The first kappa shape index (κ1) is 32.1. The van der Waals surface area contributed by atoms with Crippen molar-refractivity contribution in [3.63, 3.8) is 0 Å². The van der Waals surface area contributed by atoms with E-state index in [-0.39, 0.29) is 34.8 Å². The molecule has 4 aromatic carbocycles. The number of hydrogen-bond acceptors (Lipinski definition) is 6. The van der Waals surface area contributed by atoms with Crippen molar-refractivity contribution >= 4 is 45.2 Å². The average molecular weight is 893 g/mol. The molecule has 0 aliphatic heterocycles. The van der Waals surface area contributed by atoms with E-state index in [1.807, 2.05) is 62.4 Å². The van der Waals surface area contributed by atoms with Gasteiger partial charge in [-0.2, -0.15) is 0 Å². The monoisotopic (exact) mass is 893 g/mol. The summed E-state index contributed by atoms with van der Waals surface area (Å²) in [6.07, 6.45) is 0. The van der Waals surface area contributed by atoms with Gasteiger partial charge in [0.05, 0.1) is 7.14 Å². The van der Waals surface area contributed by atoms with Crippen molar-refractivity contribution in [3.8, 4) is 23.0 Å². The molecule has 6 nitrogen and oxygen atoms in total. The summed E-state index contributed by atoms with van der Waals surface area (Å²) in [5.74, 6) is 3.36. The van der Waals surface area contributed by atoms with Crippen LogP contribution >= 0.6 is 45.2 Å². The Morgan fingerprint density at radius 3 is 1.32 bits per heavy atom. The van der Waals surface area contributed by atoms with Crippen molar-refractivity contribution in [2.75, 3.05) is 26.8 Å². The van der Waals surface area contributed by atoms with E-state index >= 15 is 0 Å².